The van der Waals surface area contributed by atoms with Gasteiger partial charge < -0.3 is 15.8 Å². The van der Waals surface area contributed by atoms with E-state index in [1.807, 2.05) is 31.2 Å². The van der Waals surface area contributed by atoms with Crippen LogP contribution in [0.25, 0.3) is 0 Å². The fourth-order valence-electron chi connectivity index (χ4n) is 6.68. The molecule has 0 aromatic heterocycles. The van der Waals surface area contributed by atoms with Crippen molar-refractivity contribution < 1.29 is 19.1 Å². The maximum absolute atomic E-state index is 13.7. The number of carbonyl (C=O) groups is 3. The lowest BCUT2D eigenvalue weighted by Crippen LogP contribution is -2.33. The second-order valence-corrected chi connectivity index (χ2v) is 11.3. The summed E-state index contributed by atoms with van der Waals surface area (Å²) in [7, 11) is 0. The van der Waals surface area contributed by atoms with Gasteiger partial charge in [0.1, 0.15) is 6.10 Å². The van der Waals surface area contributed by atoms with Gasteiger partial charge in [-0.05, 0) is 49.7 Å². The quantitative estimate of drug-likeness (QED) is 0.230. The van der Waals surface area contributed by atoms with E-state index in [0.29, 0.717) is 29.3 Å². The van der Waals surface area contributed by atoms with E-state index in [4.69, 9.17) is 10.5 Å². The van der Waals surface area contributed by atoms with Gasteiger partial charge in [0.25, 0.3) is 0 Å². The molecular formula is C33H34N2O4. The Labute approximate surface area is 228 Å². The molecule has 0 amide bonds. The Bertz CT molecular complexity index is 1460. The van der Waals surface area contributed by atoms with Gasteiger partial charge in [-0.1, -0.05) is 79.8 Å². The molecule has 0 spiro atoms. The molecule has 2 saturated carbocycles. The largest absolute Gasteiger partial charge is 0.459 e. The Morgan fingerprint density at radius 3 is 2.28 bits per heavy atom. The van der Waals surface area contributed by atoms with Crippen molar-refractivity contribution in [1.29, 1.82) is 0 Å². The number of ether oxygens (including phenoxy) is 1. The summed E-state index contributed by atoms with van der Waals surface area (Å²) >= 11 is 0. The molecule has 6 heteroatoms. The minimum atomic E-state index is -0.535. The van der Waals surface area contributed by atoms with E-state index in [-0.39, 0.29) is 40.0 Å². The highest BCUT2D eigenvalue weighted by atomic mass is 16.5. The second kappa shape index (κ2) is 10.3. The van der Waals surface area contributed by atoms with Crippen LogP contribution in [0.1, 0.15) is 98.3 Å². The van der Waals surface area contributed by atoms with Crippen molar-refractivity contribution in [3.8, 4) is 0 Å². The molecule has 3 aromatic rings. The molecule has 0 bridgehead atoms. The number of fused-ring (bicyclic) bond motifs is 3. The van der Waals surface area contributed by atoms with Crippen LogP contribution in [-0.2, 0) is 11.3 Å². The Balaban J connectivity index is 1.35. The predicted molar refractivity (Wildman–Crippen MR) is 151 cm³/mol. The minimum Gasteiger partial charge on any atom is -0.459 e. The lowest BCUT2D eigenvalue weighted by molar-refractivity contribution is -0.000834. The standard InChI is InChI=1S/C33H34N2O4/c1-19-10-12-20(13-11-19)18-35-27-17-26(33(38)39-23-15-14-21-6-2-3-7-22(21)16-23)30(34)29-28(27)31(36)24-8-4-5-9-25(24)32(29)37/h4-5,8-13,17,21-23,35H,2-3,6-7,14-16,18,34H2,1H3. The zero-order chi connectivity index (χ0) is 27.1. The SMILES string of the molecule is Cc1ccc(CNc2cc(C(=O)OC3CCC4CCCCC4C3)c(N)c3c2C(=O)c2ccccc2C3=O)cc1. The van der Waals surface area contributed by atoms with Gasteiger partial charge in [0.05, 0.1) is 22.4 Å². The lowest BCUT2D eigenvalue weighted by atomic mass is 9.70. The number of hydrogen-bond donors (Lipinski definition) is 2. The number of nitrogens with two attached hydrogens (primary N) is 1. The first-order valence-corrected chi connectivity index (χ1v) is 14.1. The van der Waals surface area contributed by atoms with Gasteiger partial charge in [0, 0.05) is 23.4 Å². The zero-order valence-corrected chi connectivity index (χ0v) is 22.3. The summed E-state index contributed by atoms with van der Waals surface area (Å²) in [6.07, 6.45) is 7.66. The molecule has 3 atom stereocenters. The molecule has 6 nitrogen and oxygen atoms in total. The normalized spacial score (nSPS) is 21.9. The third kappa shape index (κ3) is 4.73. The van der Waals surface area contributed by atoms with Crippen LogP contribution in [0.15, 0.2) is 54.6 Å². The number of ketones is 2. The smallest absolute Gasteiger partial charge is 0.340 e. The number of nitrogens with one attached hydrogen (secondary N) is 1. The van der Waals surface area contributed by atoms with E-state index in [2.05, 4.69) is 5.32 Å². The van der Waals surface area contributed by atoms with Crippen molar-refractivity contribution in [3.05, 3.63) is 93.5 Å². The highest BCUT2D eigenvalue weighted by molar-refractivity contribution is 6.32. The monoisotopic (exact) mass is 522 g/mol. The van der Waals surface area contributed by atoms with Crippen molar-refractivity contribution in [2.75, 3.05) is 11.1 Å². The number of rotatable bonds is 5. The number of anilines is 2. The zero-order valence-electron chi connectivity index (χ0n) is 22.3. The number of aryl methyl sites for hydroxylation is 1. The van der Waals surface area contributed by atoms with E-state index >= 15 is 0 Å². The van der Waals surface area contributed by atoms with E-state index in [9.17, 15) is 14.4 Å². The van der Waals surface area contributed by atoms with Crippen LogP contribution in [-0.4, -0.2) is 23.6 Å². The minimum absolute atomic E-state index is 0.00934. The van der Waals surface area contributed by atoms with E-state index in [0.717, 1.165) is 36.3 Å². The van der Waals surface area contributed by atoms with Gasteiger partial charge in [-0.3, -0.25) is 9.59 Å². The molecule has 3 unspecified atom stereocenters. The van der Waals surface area contributed by atoms with Gasteiger partial charge in [0.15, 0.2) is 11.6 Å². The third-order valence-corrected chi connectivity index (χ3v) is 8.83. The van der Waals surface area contributed by atoms with E-state index < -0.39 is 5.97 Å². The Hall–Kier alpha value is -3.93. The molecule has 3 aliphatic rings. The molecule has 3 aliphatic carbocycles. The summed E-state index contributed by atoms with van der Waals surface area (Å²) in [5.41, 5.74) is 10.2. The highest BCUT2D eigenvalue weighted by Gasteiger charge is 2.37. The third-order valence-electron chi connectivity index (χ3n) is 8.83. The maximum Gasteiger partial charge on any atom is 0.340 e. The lowest BCUT2D eigenvalue weighted by Gasteiger charge is -2.38. The Kier molecular flexibility index (Phi) is 6.71. The molecule has 3 aromatic carbocycles. The van der Waals surface area contributed by atoms with Crippen LogP contribution in [0, 0.1) is 18.8 Å². The first-order valence-electron chi connectivity index (χ1n) is 14.1. The molecule has 39 heavy (non-hydrogen) atoms. The molecule has 6 rings (SSSR count). The van der Waals surface area contributed by atoms with Crippen LogP contribution >= 0.6 is 0 Å². The number of esters is 1. The van der Waals surface area contributed by atoms with Crippen molar-refractivity contribution in [1.82, 2.24) is 0 Å². The predicted octanol–water partition coefficient (Wildman–Crippen LogP) is 6.48. The summed E-state index contributed by atoms with van der Waals surface area (Å²) in [6, 6.07) is 16.4. The summed E-state index contributed by atoms with van der Waals surface area (Å²) in [4.78, 5) is 40.9. The number of nitrogen functional groups attached to an aromatic ring is 1. The summed E-state index contributed by atoms with van der Waals surface area (Å²) in [6.45, 7) is 2.44. The fraction of sp³-hybridized carbons (Fsp3) is 0.364. The van der Waals surface area contributed by atoms with Crippen LogP contribution in [0.4, 0.5) is 11.4 Å². The molecule has 0 radical (unpaired) electrons. The van der Waals surface area contributed by atoms with Crippen molar-refractivity contribution in [3.63, 3.8) is 0 Å². The van der Waals surface area contributed by atoms with Crippen LogP contribution < -0.4 is 11.1 Å². The molecule has 0 aliphatic heterocycles. The van der Waals surface area contributed by atoms with Crippen molar-refractivity contribution >= 4 is 28.9 Å². The van der Waals surface area contributed by atoms with E-state index in [1.54, 1.807) is 30.3 Å². The first-order chi connectivity index (χ1) is 18.9. The summed E-state index contributed by atoms with van der Waals surface area (Å²) < 4.78 is 6.02. The average Bonchev–Trinajstić information content (AvgIpc) is 2.95. The highest BCUT2D eigenvalue weighted by Crippen LogP contribution is 2.42. The van der Waals surface area contributed by atoms with Gasteiger partial charge in [-0.2, -0.15) is 0 Å². The second-order valence-electron chi connectivity index (χ2n) is 11.3. The topological polar surface area (TPSA) is 98.5 Å². The Morgan fingerprint density at radius 2 is 1.56 bits per heavy atom. The number of hydrogen-bond acceptors (Lipinski definition) is 6. The van der Waals surface area contributed by atoms with Crippen molar-refractivity contribution in [2.24, 2.45) is 11.8 Å². The molecule has 0 heterocycles. The molecule has 200 valence electrons. The maximum atomic E-state index is 13.7. The first kappa shape index (κ1) is 25.4. The molecular weight excluding hydrogens is 488 g/mol. The van der Waals surface area contributed by atoms with E-state index in [1.165, 1.54) is 25.7 Å². The number of benzene rings is 3. The Morgan fingerprint density at radius 1 is 0.897 bits per heavy atom. The van der Waals surface area contributed by atoms with Gasteiger partial charge in [-0.15, -0.1) is 0 Å². The van der Waals surface area contributed by atoms with Gasteiger partial charge in [0.2, 0.25) is 0 Å². The molecule has 0 saturated heterocycles. The molecule has 2 fully saturated rings. The van der Waals surface area contributed by atoms with Crippen LogP contribution in [0.3, 0.4) is 0 Å². The summed E-state index contributed by atoms with van der Waals surface area (Å²) in [5.74, 6) is 0.173. The van der Waals surface area contributed by atoms with Crippen LogP contribution in [0.5, 0.6) is 0 Å². The molecule has 3 N–H and O–H groups in total. The number of carbonyl (C=O) groups excluding carboxylic acids is 3. The van der Waals surface area contributed by atoms with Crippen LogP contribution in [0.2, 0.25) is 0 Å². The van der Waals surface area contributed by atoms with Crippen molar-refractivity contribution in [2.45, 2.75) is 64.5 Å². The van der Waals surface area contributed by atoms with Gasteiger partial charge in [-0.25, -0.2) is 4.79 Å². The fourth-order valence-corrected chi connectivity index (χ4v) is 6.68. The summed E-state index contributed by atoms with van der Waals surface area (Å²) in [5, 5.41) is 3.32. The average molecular weight is 523 g/mol. The van der Waals surface area contributed by atoms with Gasteiger partial charge >= 0.3 is 5.97 Å².